The van der Waals surface area contributed by atoms with E-state index >= 15 is 0 Å². The summed E-state index contributed by atoms with van der Waals surface area (Å²) in [6.45, 7) is 10.7. The van der Waals surface area contributed by atoms with Gasteiger partial charge >= 0.3 is 0 Å². The van der Waals surface area contributed by atoms with Crippen molar-refractivity contribution < 1.29 is 18.0 Å². The SMILES string of the molecule is Cc1ccc(S(=O)(=O)N(CC(=O)N(Cc2ccc(Cl)cc2Cl)[C@@H](C)C(=O)NC(C)C)c2ccc(C(C)C)cc2)cc1. The second-order valence-electron chi connectivity index (χ2n) is 10.7. The van der Waals surface area contributed by atoms with Crippen molar-refractivity contribution in [3.63, 3.8) is 0 Å². The lowest BCUT2D eigenvalue weighted by atomic mass is 10.0. The monoisotopic (exact) mass is 617 g/mol. The molecule has 0 fully saturated rings. The van der Waals surface area contributed by atoms with Crippen molar-refractivity contribution in [2.45, 2.75) is 71.0 Å². The normalized spacial score (nSPS) is 12.3. The molecule has 41 heavy (non-hydrogen) atoms. The van der Waals surface area contributed by atoms with Crippen LogP contribution in [0.15, 0.2) is 71.6 Å². The molecule has 1 N–H and O–H groups in total. The van der Waals surface area contributed by atoms with E-state index < -0.39 is 28.5 Å². The molecular weight excluding hydrogens is 581 g/mol. The van der Waals surface area contributed by atoms with Crippen LogP contribution >= 0.6 is 23.2 Å². The van der Waals surface area contributed by atoms with Gasteiger partial charge in [-0.1, -0.05) is 72.9 Å². The van der Waals surface area contributed by atoms with E-state index in [2.05, 4.69) is 5.32 Å². The molecule has 220 valence electrons. The van der Waals surface area contributed by atoms with Crippen LogP contribution in [0, 0.1) is 6.92 Å². The number of halogens is 2. The minimum atomic E-state index is -4.14. The maximum atomic E-state index is 14.0. The Morgan fingerprint density at radius 3 is 2.02 bits per heavy atom. The Labute approximate surface area is 253 Å². The summed E-state index contributed by atoms with van der Waals surface area (Å²) in [4.78, 5) is 28.5. The Bertz CT molecular complexity index is 1470. The highest BCUT2D eigenvalue weighted by molar-refractivity contribution is 7.92. The first-order valence-electron chi connectivity index (χ1n) is 13.4. The van der Waals surface area contributed by atoms with Gasteiger partial charge in [0.15, 0.2) is 0 Å². The number of amides is 2. The van der Waals surface area contributed by atoms with Gasteiger partial charge in [-0.05, 0) is 81.1 Å². The number of carbonyl (C=O) groups is 2. The van der Waals surface area contributed by atoms with E-state index in [1.165, 1.54) is 17.0 Å². The zero-order valence-electron chi connectivity index (χ0n) is 24.2. The summed E-state index contributed by atoms with van der Waals surface area (Å²) in [7, 11) is -4.14. The second kappa shape index (κ2) is 13.7. The molecule has 0 unspecified atom stereocenters. The number of aryl methyl sites for hydroxylation is 1. The number of nitrogens with one attached hydrogen (secondary N) is 1. The fraction of sp³-hybridized carbons (Fsp3) is 0.355. The van der Waals surface area contributed by atoms with Gasteiger partial charge in [-0.2, -0.15) is 0 Å². The Hall–Kier alpha value is -3.07. The van der Waals surface area contributed by atoms with Gasteiger partial charge in [-0.15, -0.1) is 0 Å². The van der Waals surface area contributed by atoms with Crippen molar-refractivity contribution in [2.75, 3.05) is 10.8 Å². The van der Waals surface area contributed by atoms with Crippen LogP contribution in [0.3, 0.4) is 0 Å². The van der Waals surface area contributed by atoms with Gasteiger partial charge in [-0.25, -0.2) is 8.42 Å². The van der Waals surface area contributed by atoms with Crippen LogP contribution in [0.2, 0.25) is 10.0 Å². The van der Waals surface area contributed by atoms with Crippen molar-refractivity contribution in [3.8, 4) is 0 Å². The number of anilines is 1. The van der Waals surface area contributed by atoms with Gasteiger partial charge in [0.2, 0.25) is 11.8 Å². The zero-order chi connectivity index (χ0) is 30.5. The third kappa shape index (κ3) is 8.24. The average molecular weight is 619 g/mol. The lowest BCUT2D eigenvalue weighted by Crippen LogP contribution is -2.52. The summed E-state index contributed by atoms with van der Waals surface area (Å²) in [5.41, 5.74) is 2.85. The second-order valence-corrected chi connectivity index (χ2v) is 13.4. The van der Waals surface area contributed by atoms with Gasteiger partial charge in [0.05, 0.1) is 10.6 Å². The van der Waals surface area contributed by atoms with Crippen LogP contribution < -0.4 is 9.62 Å². The summed E-state index contributed by atoms with van der Waals surface area (Å²) < 4.78 is 29.0. The van der Waals surface area contributed by atoms with E-state index in [9.17, 15) is 18.0 Å². The van der Waals surface area contributed by atoms with Crippen molar-refractivity contribution >= 4 is 50.7 Å². The summed E-state index contributed by atoms with van der Waals surface area (Å²) in [6.07, 6.45) is 0. The van der Waals surface area contributed by atoms with Crippen LogP contribution in [0.5, 0.6) is 0 Å². The molecule has 0 aliphatic carbocycles. The highest BCUT2D eigenvalue weighted by Crippen LogP contribution is 2.28. The topological polar surface area (TPSA) is 86.8 Å². The van der Waals surface area contributed by atoms with E-state index in [0.717, 1.165) is 15.4 Å². The molecule has 0 spiro atoms. The fourth-order valence-corrected chi connectivity index (χ4v) is 6.10. The van der Waals surface area contributed by atoms with E-state index in [4.69, 9.17) is 23.2 Å². The molecule has 2 amide bonds. The Morgan fingerprint density at radius 2 is 1.49 bits per heavy atom. The first-order valence-corrected chi connectivity index (χ1v) is 15.6. The molecule has 0 aliphatic rings. The Balaban J connectivity index is 2.07. The molecule has 0 aliphatic heterocycles. The molecule has 0 radical (unpaired) electrons. The largest absolute Gasteiger partial charge is 0.352 e. The molecule has 3 aromatic carbocycles. The van der Waals surface area contributed by atoms with Gasteiger partial charge in [-0.3, -0.25) is 13.9 Å². The van der Waals surface area contributed by atoms with E-state index in [-0.39, 0.29) is 29.3 Å². The molecule has 0 aromatic heterocycles. The van der Waals surface area contributed by atoms with Crippen LogP contribution in [0.4, 0.5) is 5.69 Å². The van der Waals surface area contributed by atoms with Crippen molar-refractivity contribution in [3.05, 3.63) is 93.5 Å². The van der Waals surface area contributed by atoms with Gasteiger partial charge in [0, 0.05) is 22.6 Å². The number of sulfonamides is 1. The standard InChI is InChI=1S/C31H37Cl2N3O4S/c1-20(2)24-10-13-27(14-11-24)36(41(39,40)28-15-7-22(5)8-16-28)19-30(37)35(23(6)31(38)34-21(3)4)18-25-9-12-26(32)17-29(25)33/h7-17,20-21,23H,18-19H2,1-6H3,(H,34,38)/t23-/m0/s1. The summed E-state index contributed by atoms with van der Waals surface area (Å²) >= 11 is 12.5. The maximum Gasteiger partial charge on any atom is 0.264 e. The highest BCUT2D eigenvalue weighted by atomic mass is 35.5. The number of carbonyl (C=O) groups excluding carboxylic acids is 2. The van der Waals surface area contributed by atoms with Gasteiger partial charge in [0.25, 0.3) is 10.0 Å². The zero-order valence-corrected chi connectivity index (χ0v) is 26.5. The molecule has 3 aromatic rings. The molecule has 0 saturated carbocycles. The van der Waals surface area contributed by atoms with Crippen molar-refractivity contribution in [2.24, 2.45) is 0 Å². The molecule has 0 bridgehead atoms. The molecule has 1 atom stereocenters. The van der Waals surface area contributed by atoms with E-state index in [1.807, 2.05) is 46.8 Å². The first-order chi connectivity index (χ1) is 19.2. The molecule has 3 rings (SSSR count). The van der Waals surface area contributed by atoms with E-state index in [0.29, 0.717) is 21.3 Å². The highest BCUT2D eigenvalue weighted by Gasteiger charge is 2.33. The van der Waals surface area contributed by atoms with Gasteiger partial charge in [0.1, 0.15) is 12.6 Å². The maximum absolute atomic E-state index is 14.0. The quantitative estimate of drug-likeness (QED) is 0.264. The predicted molar refractivity (Wildman–Crippen MR) is 166 cm³/mol. The number of rotatable bonds is 11. The molecular formula is C31H37Cl2N3O4S. The number of benzene rings is 3. The molecule has 7 nitrogen and oxygen atoms in total. The van der Waals surface area contributed by atoms with Gasteiger partial charge < -0.3 is 10.2 Å². The summed E-state index contributed by atoms with van der Waals surface area (Å²) in [5, 5.41) is 3.60. The van der Waals surface area contributed by atoms with Crippen molar-refractivity contribution in [1.29, 1.82) is 0 Å². The Morgan fingerprint density at radius 1 is 0.878 bits per heavy atom. The Kier molecular flexibility index (Phi) is 10.9. The molecule has 0 saturated heterocycles. The third-order valence-corrected chi connectivity index (χ3v) is 9.06. The summed E-state index contributed by atoms with van der Waals surface area (Å²) in [6, 6.07) is 17.4. The third-order valence-electron chi connectivity index (χ3n) is 6.69. The molecule has 10 heteroatoms. The number of hydrogen-bond acceptors (Lipinski definition) is 4. The minimum absolute atomic E-state index is 0.0216. The fourth-order valence-electron chi connectivity index (χ4n) is 4.21. The average Bonchev–Trinajstić information content (AvgIpc) is 2.90. The van der Waals surface area contributed by atoms with Crippen LogP contribution in [-0.2, 0) is 26.2 Å². The molecule has 0 heterocycles. The van der Waals surface area contributed by atoms with Crippen LogP contribution in [0.25, 0.3) is 0 Å². The minimum Gasteiger partial charge on any atom is -0.352 e. The smallest absolute Gasteiger partial charge is 0.264 e. The predicted octanol–water partition coefficient (Wildman–Crippen LogP) is 6.56. The van der Waals surface area contributed by atoms with E-state index in [1.54, 1.807) is 49.4 Å². The first kappa shape index (κ1) is 32.4. The summed E-state index contributed by atoms with van der Waals surface area (Å²) in [5.74, 6) is -0.688. The van der Waals surface area contributed by atoms with Crippen LogP contribution in [0.1, 0.15) is 57.2 Å². The number of hydrogen-bond donors (Lipinski definition) is 1. The van der Waals surface area contributed by atoms with Crippen LogP contribution in [-0.4, -0.2) is 43.8 Å². The lowest BCUT2D eigenvalue weighted by Gasteiger charge is -2.32. The number of nitrogens with zero attached hydrogens (tertiary/aromatic N) is 2. The lowest BCUT2D eigenvalue weighted by molar-refractivity contribution is -0.139. The van der Waals surface area contributed by atoms with Crippen molar-refractivity contribution in [1.82, 2.24) is 10.2 Å².